The summed E-state index contributed by atoms with van der Waals surface area (Å²) in [5.74, 6) is 1.38. The first-order chi connectivity index (χ1) is 12.7. The number of aliphatic imine (C=N–C) groups is 1. The van der Waals surface area contributed by atoms with Crippen molar-refractivity contribution in [1.29, 1.82) is 0 Å². The van der Waals surface area contributed by atoms with Crippen LogP contribution in [0.3, 0.4) is 0 Å². The molecule has 26 heavy (non-hydrogen) atoms. The predicted molar refractivity (Wildman–Crippen MR) is 106 cm³/mol. The van der Waals surface area contributed by atoms with Crippen LogP contribution in [-0.2, 0) is 4.79 Å². The van der Waals surface area contributed by atoms with Crippen molar-refractivity contribution in [2.45, 2.75) is 0 Å². The molecule has 0 aliphatic carbocycles. The molecule has 2 aliphatic heterocycles. The van der Waals surface area contributed by atoms with Gasteiger partial charge in [-0.1, -0.05) is 18.2 Å². The van der Waals surface area contributed by atoms with Gasteiger partial charge in [0.1, 0.15) is 5.76 Å². The molecular weight excluding hydrogens is 348 g/mol. The molecule has 0 saturated carbocycles. The molecule has 2 aromatic rings. The Morgan fingerprint density at radius 3 is 2.65 bits per heavy atom. The van der Waals surface area contributed by atoms with Gasteiger partial charge in [-0.3, -0.25) is 4.79 Å². The molecule has 0 bridgehead atoms. The number of para-hydroxylation sites is 1. The van der Waals surface area contributed by atoms with Crippen molar-refractivity contribution < 1.29 is 9.21 Å². The lowest BCUT2D eigenvalue weighted by molar-refractivity contribution is -0.115. The van der Waals surface area contributed by atoms with Gasteiger partial charge in [-0.2, -0.15) is 0 Å². The first-order valence-corrected chi connectivity index (χ1v) is 9.37. The highest BCUT2D eigenvalue weighted by Gasteiger charge is 2.24. The van der Waals surface area contributed by atoms with Gasteiger partial charge in [0.15, 0.2) is 11.1 Å². The van der Waals surface area contributed by atoms with Gasteiger partial charge >= 0.3 is 0 Å². The Morgan fingerprint density at radius 2 is 1.88 bits per heavy atom. The molecule has 2 saturated heterocycles. The Labute approximate surface area is 156 Å². The fourth-order valence-corrected chi connectivity index (χ4v) is 3.67. The van der Waals surface area contributed by atoms with Gasteiger partial charge in [-0.25, -0.2) is 4.99 Å². The van der Waals surface area contributed by atoms with Crippen LogP contribution >= 0.6 is 11.8 Å². The largest absolute Gasteiger partial charge is 0.441 e. The fourth-order valence-electron chi connectivity index (χ4n) is 2.85. The van der Waals surface area contributed by atoms with Crippen molar-refractivity contribution in [2.75, 3.05) is 38.1 Å². The highest BCUT2D eigenvalue weighted by atomic mass is 32.2. The van der Waals surface area contributed by atoms with Crippen LogP contribution in [0.1, 0.15) is 5.76 Å². The molecule has 1 amide bonds. The predicted octanol–water partition coefficient (Wildman–Crippen LogP) is 2.92. The van der Waals surface area contributed by atoms with Gasteiger partial charge < -0.3 is 19.5 Å². The number of nitrogens with one attached hydrogen (secondary N) is 1. The van der Waals surface area contributed by atoms with Gasteiger partial charge in [-0.15, -0.1) is 0 Å². The zero-order chi connectivity index (χ0) is 17.9. The zero-order valence-electron chi connectivity index (χ0n) is 14.5. The minimum absolute atomic E-state index is 0.151. The van der Waals surface area contributed by atoms with Crippen molar-refractivity contribution in [3.8, 4) is 0 Å². The zero-order valence-corrected chi connectivity index (χ0v) is 15.3. The first-order valence-electron chi connectivity index (χ1n) is 8.55. The fraction of sp³-hybridized carbons (Fsp3) is 0.263. The summed E-state index contributed by atoms with van der Waals surface area (Å²) in [7, 11) is 2.12. The minimum Gasteiger partial charge on any atom is -0.441 e. The minimum atomic E-state index is -0.151. The number of amidine groups is 1. The normalized spacial score (nSPS) is 21.6. The monoisotopic (exact) mass is 368 g/mol. The molecule has 0 spiro atoms. The van der Waals surface area contributed by atoms with E-state index in [0.29, 0.717) is 15.8 Å². The molecule has 0 atom stereocenters. The highest BCUT2D eigenvalue weighted by molar-refractivity contribution is 8.18. The molecule has 134 valence electrons. The number of piperazine rings is 1. The van der Waals surface area contributed by atoms with Crippen molar-refractivity contribution in [1.82, 2.24) is 10.2 Å². The summed E-state index contributed by atoms with van der Waals surface area (Å²) in [6.07, 6.45) is 1.77. The smallest absolute Gasteiger partial charge is 0.264 e. The van der Waals surface area contributed by atoms with Crippen LogP contribution in [-0.4, -0.2) is 49.2 Å². The van der Waals surface area contributed by atoms with E-state index in [1.54, 1.807) is 6.08 Å². The highest BCUT2D eigenvalue weighted by Crippen LogP contribution is 2.29. The number of anilines is 1. The SMILES string of the molecule is CN1CCN(c2ccc(/C=C3/SC(=Nc4ccccc4)NC3=O)o2)CC1. The number of carbonyl (C=O) groups is 1. The summed E-state index contributed by atoms with van der Waals surface area (Å²) in [5.41, 5.74) is 0.812. The summed E-state index contributed by atoms with van der Waals surface area (Å²) in [6, 6.07) is 13.4. The molecule has 1 aromatic heterocycles. The summed E-state index contributed by atoms with van der Waals surface area (Å²) in [6.45, 7) is 3.94. The number of hydrogen-bond acceptors (Lipinski definition) is 6. The average Bonchev–Trinajstić information content (AvgIpc) is 3.24. The maximum absolute atomic E-state index is 12.2. The summed E-state index contributed by atoms with van der Waals surface area (Å²) in [5, 5.41) is 3.38. The maximum Gasteiger partial charge on any atom is 0.264 e. The van der Waals surface area contributed by atoms with Gasteiger partial charge in [-0.05, 0) is 37.0 Å². The molecule has 0 radical (unpaired) electrons. The molecule has 1 N–H and O–H groups in total. The van der Waals surface area contributed by atoms with E-state index in [0.717, 1.165) is 37.8 Å². The van der Waals surface area contributed by atoms with E-state index < -0.39 is 0 Å². The van der Waals surface area contributed by atoms with Crippen LogP contribution in [0.15, 0.2) is 56.8 Å². The quantitative estimate of drug-likeness (QED) is 0.844. The third-order valence-corrected chi connectivity index (χ3v) is 5.25. The number of amides is 1. The Balaban J connectivity index is 1.47. The van der Waals surface area contributed by atoms with Crippen molar-refractivity contribution in [2.24, 2.45) is 4.99 Å². The molecule has 2 aliphatic rings. The van der Waals surface area contributed by atoms with Gasteiger partial charge in [0.2, 0.25) is 0 Å². The number of furan rings is 1. The second-order valence-corrected chi connectivity index (χ2v) is 7.31. The van der Waals surface area contributed by atoms with E-state index >= 15 is 0 Å². The number of likely N-dealkylation sites (N-methyl/N-ethyl adjacent to an activating group) is 1. The molecule has 1 aromatic carbocycles. The second-order valence-electron chi connectivity index (χ2n) is 6.28. The van der Waals surface area contributed by atoms with Crippen LogP contribution in [0.2, 0.25) is 0 Å². The standard InChI is InChI=1S/C19H20N4O2S/c1-22-9-11-23(12-10-22)17-8-7-15(25-17)13-16-18(24)21-19(26-16)20-14-5-3-2-4-6-14/h2-8,13H,9-12H2,1H3,(H,20,21,24)/b16-13+. The van der Waals surface area contributed by atoms with Gasteiger partial charge in [0, 0.05) is 38.3 Å². The molecule has 4 rings (SSSR count). The Hall–Kier alpha value is -2.51. The van der Waals surface area contributed by atoms with E-state index in [9.17, 15) is 4.79 Å². The Bertz CT molecular complexity index is 851. The molecule has 0 unspecified atom stereocenters. The molecular formula is C19H20N4O2S. The maximum atomic E-state index is 12.2. The topological polar surface area (TPSA) is 61.1 Å². The molecule has 7 heteroatoms. The Kier molecular flexibility index (Phi) is 4.81. The van der Waals surface area contributed by atoms with Crippen LogP contribution in [0.4, 0.5) is 11.6 Å². The number of carbonyl (C=O) groups excluding carboxylic acids is 1. The lowest BCUT2D eigenvalue weighted by atomic mass is 10.3. The summed E-state index contributed by atoms with van der Waals surface area (Å²) < 4.78 is 5.92. The van der Waals surface area contributed by atoms with E-state index in [1.807, 2.05) is 42.5 Å². The van der Waals surface area contributed by atoms with Crippen molar-refractivity contribution in [3.63, 3.8) is 0 Å². The van der Waals surface area contributed by atoms with Gasteiger partial charge in [0.05, 0.1) is 10.6 Å². The number of rotatable bonds is 3. The first kappa shape index (κ1) is 16.9. The van der Waals surface area contributed by atoms with E-state index in [2.05, 4.69) is 27.2 Å². The lowest BCUT2D eigenvalue weighted by Crippen LogP contribution is -2.44. The third kappa shape index (κ3) is 3.84. The molecule has 6 nitrogen and oxygen atoms in total. The van der Waals surface area contributed by atoms with E-state index in [4.69, 9.17) is 4.42 Å². The number of hydrogen-bond donors (Lipinski definition) is 1. The van der Waals surface area contributed by atoms with Crippen molar-refractivity contribution >= 4 is 40.5 Å². The average molecular weight is 368 g/mol. The lowest BCUT2D eigenvalue weighted by Gasteiger charge is -2.32. The second kappa shape index (κ2) is 7.39. The third-order valence-electron chi connectivity index (χ3n) is 4.34. The van der Waals surface area contributed by atoms with Crippen LogP contribution in [0.5, 0.6) is 0 Å². The summed E-state index contributed by atoms with van der Waals surface area (Å²) >= 11 is 1.32. The molecule has 2 fully saturated rings. The van der Waals surface area contributed by atoms with Crippen LogP contribution in [0, 0.1) is 0 Å². The van der Waals surface area contributed by atoms with E-state index in [1.165, 1.54) is 11.8 Å². The van der Waals surface area contributed by atoms with Crippen LogP contribution in [0.25, 0.3) is 6.08 Å². The van der Waals surface area contributed by atoms with Crippen molar-refractivity contribution in [3.05, 3.63) is 53.1 Å². The number of nitrogens with zero attached hydrogens (tertiary/aromatic N) is 3. The number of thioether (sulfide) groups is 1. The summed E-state index contributed by atoms with van der Waals surface area (Å²) in [4.78, 5) is 21.7. The number of benzene rings is 1. The van der Waals surface area contributed by atoms with Gasteiger partial charge in [0.25, 0.3) is 5.91 Å². The Morgan fingerprint density at radius 1 is 1.12 bits per heavy atom. The molecule has 3 heterocycles. The van der Waals surface area contributed by atoms with Crippen LogP contribution < -0.4 is 10.2 Å². The van der Waals surface area contributed by atoms with E-state index in [-0.39, 0.29) is 5.91 Å².